The molecule has 1 aromatic heterocycles. The summed E-state index contributed by atoms with van der Waals surface area (Å²) >= 11 is 0. The number of rotatable bonds is 3. The SMILES string of the molecule is Cc1cc(C)cc(O[C@H](C)c2nc3ccc(F)cc3[nH]2)c1. The van der Waals surface area contributed by atoms with Crippen molar-refractivity contribution in [2.75, 3.05) is 0 Å². The summed E-state index contributed by atoms with van der Waals surface area (Å²) in [6.07, 6.45) is -0.235. The van der Waals surface area contributed by atoms with Gasteiger partial charge in [0.25, 0.3) is 0 Å². The summed E-state index contributed by atoms with van der Waals surface area (Å²) in [5.41, 5.74) is 3.73. The summed E-state index contributed by atoms with van der Waals surface area (Å²) in [5, 5.41) is 0. The molecule has 0 bridgehead atoms. The minimum absolute atomic E-state index is 0.235. The topological polar surface area (TPSA) is 37.9 Å². The van der Waals surface area contributed by atoms with Crippen LogP contribution in [0.5, 0.6) is 5.75 Å². The normalized spacial score (nSPS) is 12.6. The predicted molar refractivity (Wildman–Crippen MR) is 81.0 cm³/mol. The van der Waals surface area contributed by atoms with E-state index in [9.17, 15) is 4.39 Å². The molecule has 3 rings (SSSR count). The Balaban J connectivity index is 1.87. The fourth-order valence-electron chi connectivity index (χ4n) is 2.45. The number of aromatic nitrogens is 2. The van der Waals surface area contributed by atoms with Gasteiger partial charge in [0, 0.05) is 0 Å². The maximum atomic E-state index is 13.2. The number of ether oxygens (including phenoxy) is 1. The maximum Gasteiger partial charge on any atom is 0.153 e. The molecule has 1 heterocycles. The Kier molecular flexibility index (Phi) is 3.37. The number of fused-ring (bicyclic) bond motifs is 1. The molecule has 0 aliphatic rings. The first-order valence-electron chi connectivity index (χ1n) is 6.91. The summed E-state index contributed by atoms with van der Waals surface area (Å²) in [7, 11) is 0. The highest BCUT2D eigenvalue weighted by atomic mass is 19.1. The molecule has 0 radical (unpaired) electrons. The summed E-state index contributed by atoms with van der Waals surface area (Å²) < 4.78 is 19.1. The number of nitrogens with one attached hydrogen (secondary N) is 1. The Bertz CT molecular complexity index is 774. The van der Waals surface area contributed by atoms with Gasteiger partial charge in [0.2, 0.25) is 0 Å². The number of aromatic amines is 1. The fourth-order valence-corrected chi connectivity index (χ4v) is 2.45. The molecule has 0 spiro atoms. The van der Waals surface area contributed by atoms with Crippen LogP contribution in [0.3, 0.4) is 0 Å². The molecular weight excluding hydrogens is 267 g/mol. The molecule has 0 saturated carbocycles. The van der Waals surface area contributed by atoms with Gasteiger partial charge in [0.1, 0.15) is 17.4 Å². The summed E-state index contributed by atoms with van der Waals surface area (Å²) in [4.78, 5) is 7.56. The van der Waals surface area contributed by atoms with Gasteiger partial charge in [0.05, 0.1) is 11.0 Å². The molecule has 0 saturated heterocycles. The monoisotopic (exact) mass is 284 g/mol. The molecule has 4 heteroatoms. The van der Waals surface area contributed by atoms with E-state index in [1.54, 1.807) is 6.07 Å². The minimum Gasteiger partial charge on any atom is -0.483 e. The summed E-state index contributed by atoms with van der Waals surface area (Å²) in [6.45, 7) is 5.99. The van der Waals surface area contributed by atoms with Crippen molar-refractivity contribution in [3.8, 4) is 5.75 Å². The smallest absolute Gasteiger partial charge is 0.153 e. The Morgan fingerprint density at radius 3 is 2.52 bits per heavy atom. The third-order valence-corrected chi connectivity index (χ3v) is 3.36. The van der Waals surface area contributed by atoms with E-state index < -0.39 is 0 Å². The largest absolute Gasteiger partial charge is 0.483 e. The van der Waals surface area contributed by atoms with Gasteiger partial charge in [-0.2, -0.15) is 0 Å². The molecule has 21 heavy (non-hydrogen) atoms. The first kappa shape index (κ1) is 13.6. The van der Waals surface area contributed by atoms with E-state index in [0.717, 1.165) is 22.4 Å². The van der Waals surface area contributed by atoms with Crippen LogP contribution in [0.2, 0.25) is 0 Å². The zero-order chi connectivity index (χ0) is 15.0. The summed E-state index contributed by atoms with van der Waals surface area (Å²) in [6, 6.07) is 10.6. The second-order valence-electron chi connectivity index (χ2n) is 5.37. The number of aryl methyl sites for hydroxylation is 2. The molecule has 1 atom stereocenters. The minimum atomic E-state index is -0.277. The van der Waals surface area contributed by atoms with Crippen LogP contribution in [0.4, 0.5) is 4.39 Å². The van der Waals surface area contributed by atoms with Gasteiger partial charge < -0.3 is 9.72 Å². The number of H-pyrrole nitrogens is 1. The lowest BCUT2D eigenvalue weighted by atomic mass is 10.1. The van der Waals surface area contributed by atoms with E-state index in [1.807, 2.05) is 32.9 Å². The number of benzene rings is 2. The van der Waals surface area contributed by atoms with E-state index >= 15 is 0 Å². The molecule has 0 aliphatic carbocycles. The van der Waals surface area contributed by atoms with Crippen molar-refractivity contribution in [1.29, 1.82) is 0 Å². The first-order chi connectivity index (χ1) is 10.0. The third-order valence-electron chi connectivity index (χ3n) is 3.36. The van der Waals surface area contributed by atoms with E-state index in [1.165, 1.54) is 12.1 Å². The average Bonchev–Trinajstić information content (AvgIpc) is 2.80. The van der Waals surface area contributed by atoms with Crippen LogP contribution in [0.25, 0.3) is 11.0 Å². The van der Waals surface area contributed by atoms with E-state index in [4.69, 9.17) is 4.74 Å². The number of nitrogens with zero attached hydrogens (tertiary/aromatic N) is 1. The molecule has 3 nitrogen and oxygen atoms in total. The van der Waals surface area contributed by atoms with E-state index in [0.29, 0.717) is 11.3 Å². The highest BCUT2D eigenvalue weighted by Crippen LogP contribution is 2.24. The number of halogens is 1. The molecule has 0 amide bonds. The Morgan fingerprint density at radius 1 is 1.10 bits per heavy atom. The molecular formula is C17H17FN2O. The van der Waals surface area contributed by atoms with E-state index in [2.05, 4.69) is 16.0 Å². The lowest BCUT2D eigenvalue weighted by Crippen LogP contribution is -2.05. The van der Waals surface area contributed by atoms with Gasteiger partial charge in [-0.25, -0.2) is 9.37 Å². The fraction of sp³-hybridized carbons (Fsp3) is 0.235. The lowest BCUT2D eigenvalue weighted by molar-refractivity contribution is 0.218. The van der Waals surface area contributed by atoms with Crippen LogP contribution < -0.4 is 4.74 Å². The molecule has 0 aliphatic heterocycles. The number of hydrogen-bond acceptors (Lipinski definition) is 2. The molecule has 108 valence electrons. The second kappa shape index (κ2) is 5.20. The molecule has 0 unspecified atom stereocenters. The van der Waals surface area contributed by atoms with Crippen LogP contribution in [-0.2, 0) is 0 Å². The third kappa shape index (κ3) is 2.89. The Labute approximate surface area is 122 Å². The standard InChI is InChI=1S/C17H17FN2O/c1-10-6-11(2)8-14(7-10)21-12(3)17-19-15-5-4-13(18)9-16(15)20-17/h4-9,12H,1-3H3,(H,19,20)/t12-/m1/s1. The van der Waals surface area contributed by atoms with Crippen LogP contribution in [0, 0.1) is 19.7 Å². The molecule has 2 aromatic carbocycles. The Hall–Kier alpha value is -2.36. The molecule has 0 fully saturated rings. The van der Waals surface area contributed by atoms with Crippen molar-refractivity contribution in [2.45, 2.75) is 26.9 Å². The molecule has 1 N–H and O–H groups in total. The highest BCUT2D eigenvalue weighted by Gasteiger charge is 2.13. The average molecular weight is 284 g/mol. The van der Waals surface area contributed by atoms with Crippen molar-refractivity contribution < 1.29 is 9.13 Å². The number of imidazole rings is 1. The molecule has 3 aromatic rings. The van der Waals surface area contributed by atoms with Crippen molar-refractivity contribution in [3.05, 3.63) is 59.2 Å². The first-order valence-corrected chi connectivity index (χ1v) is 6.91. The van der Waals surface area contributed by atoms with Gasteiger partial charge in [0.15, 0.2) is 6.10 Å². The number of hydrogen-bond donors (Lipinski definition) is 1. The van der Waals surface area contributed by atoms with Crippen molar-refractivity contribution in [2.24, 2.45) is 0 Å². The van der Waals surface area contributed by atoms with Crippen LogP contribution >= 0.6 is 0 Å². The van der Waals surface area contributed by atoms with Gasteiger partial charge in [-0.3, -0.25) is 0 Å². The van der Waals surface area contributed by atoms with Crippen LogP contribution in [0.1, 0.15) is 30.0 Å². The van der Waals surface area contributed by atoms with Gasteiger partial charge in [-0.15, -0.1) is 0 Å². The Morgan fingerprint density at radius 2 is 1.81 bits per heavy atom. The zero-order valence-corrected chi connectivity index (χ0v) is 12.3. The van der Waals surface area contributed by atoms with Crippen molar-refractivity contribution >= 4 is 11.0 Å². The van der Waals surface area contributed by atoms with E-state index in [-0.39, 0.29) is 11.9 Å². The second-order valence-corrected chi connectivity index (χ2v) is 5.37. The lowest BCUT2D eigenvalue weighted by Gasteiger charge is -2.13. The maximum absolute atomic E-state index is 13.2. The van der Waals surface area contributed by atoms with Gasteiger partial charge >= 0.3 is 0 Å². The van der Waals surface area contributed by atoms with Crippen molar-refractivity contribution in [3.63, 3.8) is 0 Å². The summed E-state index contributed by atoms with van der Waals surface area (Å²) in [5.74, 6) is 1.22. The van der Waals surface area contributed by atoms with Crippen LogP contribution in [0.15, 0.2) is 36.4 Å². The quantitative estimate of drug-likeness (QED) is 0.771. The predicted octanol–water partition coefficient (Wildman–Crippen LogP) is 4.46. The van der Waals surface area contributed by atoms with Gasteiger partial charge in [-0.05, 0) is 62.2 Å². The highest BCUT2D eigenvalue weighted by molar-refractivity contribution is 5.75. The zero-order valence-electron chi connectivity index (χ0n) is 12.3. The van der Waals surface area contributed by atoms with Gasteiger partial charge in [-0.1, -0.05) is 6.07 Å². The van der Waals surface area contributed by atoms with Crippen LogP contribution in [-0.4, -0.2) is 9.97 Å². The van der Waals surface area contributed by atoms with Crippen molar-refractivity contribution in [1.82, 2.24) is 9.97 Å².